The predicted octanol–water partition coefficient (Wildman–Crippen LogP) is 4.92. The molecule has 1 aliphatic rings. The molecule has 40 heavy (non-hydrogen) atoms. The molecule has 1 aromatic carbocycles. The molecular formula is C27H24F3N7O3. The van der Waals surface area contributed by atoms with E-state index in [2.05, 4.69) is 25.5 Å². The summed E-state index contributed by atoms with van der Waals surface area (Å²) >= 11 is 0. The van der Waals surface area contributed by atoms with Crippen LogP contribution in [0.15, 0.2) is 59.6 Å². The first kappa shape index (κ1) is 25.7. The summed E-state index contributed by atoms with van der Waals surface area (Å²) in [6.45, 7) is 3.68. The summed E-state index contributed by atoms with van der Waals surface area (Å²) in [5.74, 6) is -4.35. The Morgan fingerprint density at radius 3 is 2.67 bits per heavy atom. The molecule has 13 heteroatoms. The number of carbonyl (C=O) groups excluding carboxylic acids is 1. The standard InChI is InChI=1S/C27H24F3N7O3/c1-26(2,39)14-36-12-18(10-32-36)16-4-6-22-31-11-21(37(22)13-16)24(38)33-20-7-15(3-5-19(20)28)23-34-25(40-35-23)17-8-27(29,30)9-17/h3-7,10-13,17,39H,8-9,14H2,1-2H3,(H,33,38). The van der Waals surface area contributed by atoms with E-state index in [1.807, 2.05) is 6.07 Å². The van der Waals surface area contributed by atoms with Gasteiger partial charge in [0.1, 0.15) is 17.2 Å². The van der Waals surface area contributed by atoms with E-state index < -0.39 is 29.2 Å². The summed E-state index contributed by atoms with van der Waals surface area (Å²) in [4.78, 5) is 21.7. The van der Waals surface area contributed by atoms with Gasteiger partial charge in [-0.05, 0) is 44.2 Å². The zero-order valence-corrected chi connectivity index (χ0v) is 21.5. The van der Waals surface area contributed by atoms with Crippen LogP contribution in [0.5, 0.6) is 0 Å². The van der Waals surface area contributed by atoms with Gasteiger partial charge in [0.15, 0.2) is 0 Å². The maximum atomic E-state index is 14.7. The fourth-order valence-electron chi connectivity index (χ4n) is 4.62. The number of carbonyl (C=O) groups is 1. The average Bonchev–Trinajstić information content (AvgIpc) is 3.62. The highest BCUT2D eigenvalue weighted by molar-refractivity contribution is 6.04. The lowest BCUT2D eigenvalue weighted by molar-refractivity contribution is -0.0925. The quantitative estimate of drug-likeness (QED) is 0.294. The van der Waals surface area contributed by atoms with Crippen molar-refractivity contribution in [2.45, 2.75) is 50.7 Å². The molecule has 2 N–H and O–H groups in total. The second-order valence-electron chi connectivity index (χ2n) is 10.6. The van der Waals surface area contributed by atoms with E-state index in [0.29, 0.717) is 17.8 Å². The van der Waals surface area contributed by atoms with Crippen LogP contribution in [0, 0.1) is 5.82 Å². The van der Waals surface area contributed by atoms with Crippen LogP contribution in [-0.4, -0.2) is 51.8 Å². The number of nitrogens with zero attached hydrogens (tertiary/aromatic N) is 6. The van der Waals surface area contributed by atoms with E-state index in [-0.39, 0.29) is 35.9 Å². The van der Waals surface area contributed by atoms with Crippen LogP contribution in [0.3, 0.4) is 0 Å². The van der Waals surface area contributed by atoms with Crippen molar-refractivity contribution in [3.63, 3.8) is 0 Å². The largest absolute Gasteiger partial charge is 0.389 e. The number of nitrogens with one attached hydrogen (secondary N) is 1. The number of hydrogen-bond donors (Lipinski definition) is 2. The smallest absolute Gasteiger partial charge is 0.274 e. The van der Waals surface area contributed by atoms with Crippen molar-refractivity contribution in [1.82, 2.24) is 29.3 Å². The van der Waals surface area contributed by atoms with E-state index in [1.165, 1.54) is 18.3 Å². The van der Waals surface area contributed by atoms with Crippen LogP contribution < -0.4 is 5.32 Å². The highest BCUT2D eigenvalue weighted by Gasteiger charge is 2.48. The van der Waals surface area contributed by atoms with Crippen molar-refractivity contribution in [3.8, 4) is 22.5 Å². The molecule has 0 aliphatic heterocycles. The number of fused-ring (bicyclic) bond motifs is 1. The number of amides is 1. The molecule has 1 saturated carbocycles. The van der Waals surface area contributed by atoms with Crippen molar-refractivity contribution in [2.75, 3.05) is 5.32 Å². The molecule has 0 radical (unpaired) electrons. The SMILES string of the molecule is CC(C)(O)Cn1cc(-c2ccc3ncc(C(=O)Nc4cc(-c5noc(C6CC(F)(F)C6)n5)ccc4F)n3c2)cn1. The number of halogens is 3. The highest BCUT2D eigenvalue weighted by atomic mass is 19.3. The number of alkyl halides is 2. The van der Waals surface area contributed by atoms with Crippen LogP contribution in [-0.2, 0) is 6.54 Å². The second-order valence-corrected chi connectivity index (χ2v) is 10.6. The molecule has 1 fully saturated rings. The van der Waals surface area contributed by atoms with Gasteiger partial charge in [0, 0.05) is 47.8 Å². The maximum absolute atomic E-state index is 14.7. The van der Waals surface area contributed by atoms with Crippen molar-refractivity contribution < 1.29 is 27.6 Å². The van der Waals surface area contributed by atoms with Gasteiger partial charge < -0.3 is 14.9 Å². The van der Waals surface area contributed by atoms with Gasteiger partial charge in [-0.15, -0.1) is 0 Å². The summed E-state index contributed by atoms with van der Waals surface area (Å²) in [5, 5.41) is 20.7. The number of aromatic nitrogens is 6. The molecule has 1 aliphatic carbocycles. The van der Waals surface area contributed by atoms with E-state index in [4.69, 9.17) is 4.52 Å². The molecule has 1 amide bonds. The first-order chi connectivity index (χ1) is 18.9. The molecule has 0 atom stereocenters. The minimum atomic E-state index is -2.73. The number of aliphatic hydroxyl groups is 1. The Labute approximate surface area is 225 Å². The molecule has 0 saturated heterocycles. The number of pyridine rings is 1. The topological polar surface area (TPSA) is 123 Å². The molecule has 0 spiro atoms. The first-order valence-corrected chi connectivity index (χ1v) is 12.5. The van der Waals surface area contributed by atoms with E-state index in [9.17, 15) is 23.1 Å². The Balaban J connectivity index is 1.23. The normalized spacial score (nSPS) is 15.3. The molecule has 206 valence electrons. The summed E-state index contributed by atoms with van der Waals surface area (Å²) in [5.41, 5.74) is 1.49. The number of rotatable bonds is 7. The molecular weight excluding hydrogens is 527 g/mol. The first-order valence-electron chi connectivity index (χ1n) is 12.5. The van der Waals surface area contributed by atoms with Gasteiger partial charge in [-0.25, -0.2) is 18.2 Å². The Hall–Kier alpha value is -4.52. The van der Waals surface area contributed by atoms with Gasteiger partial charge in [-0.3, -0.25) is 13.9 Å². The third-order valence-electron chi connectivity index (χ3n) is 6.61. The zero-order chi connectivity index (χ0) is 28.2. The summed E-state index contributed by atoms with van der Waals surface area (Å²) < 4.78 is 49.5. The van der Waals surface area contributed by atoms with Crippen molar-refractivity contribution in [3.05, 3.63) is 72.5 Å². The highest BCUT2D eigenvalue weighted by Crippen LogP contribution is 2.48. The van der Waals surface area contributed by atoms with Gasteiger partial charge in [0.2, 0.25) is 17.6 Å². The van der Waals surface area contributed by atoms with Crippen molar-refractivity contribution >= 4 is 17.2 Å². The fourth-order valence-corrected chi connectivity index (χ4v) is 4.62. The van der Waals surface area contributed by atoms with Crippen LogP contribution in [0.25, 0.3) is 28.2 Å². The fraction of sp³-hybridized carbons (Fsp3) is 0.296. The number of hydrogen-bond acceptors (Lipinski definition) is 7. The van der Waals surface area contributed by atoms with E-state index in [0.717, 1.165) is 17.2 Å². The average molecular weight is 552 g/mol. The van der Waals surface area contributed by atoms with E-state index in [1.54, 1.807) is 47.6 Å². The number of anilines is 1. The zero-order valence-electron chi connectivity index (χ0n) is 21.5. The minimum absolute atomic E-state index is 0.1000. The van der Waals surface area contributed by atoms with Crippen LogP contribution in [0.4, 0.5) is 18.9 Å². The lowest BCUT2D eigenvalue weighted by Crippen LogP contribution is -2.33. The summed E-state index contributed by atoms with van der Waals surface area (Å²) in [7, 11) is 0. The van der Waals surface area contributed by atoms with Gasteiger partial charge in [-0.1, -0.05) is 5.16 Å². The molecule has 0 unspecified atom stereocenters. The van der Waals surface area contributed by atoms with Gasteiger partial charge in [0.05, 0.1) is 30.2 Å². The van der Waals surface area contributed by atoms with Gasteiger partial charge >= 0.3 is 0 Å². The van der Waals surface area contributed by atoms with Crippen molar-refractivity contribution in [2.24, 2.45) is 0 Å². The molecule has 4 heterocycles. The monoisotopic (exact) mass is 551 g/mol. The second kappa shape index (κ2) is 9.30. The molecule has 5 aromatic rings. The van der Waals surface area contributed by atoms with E-state index >= 15 is 0 Å². The van der Waals surface area contributed by atoms with Gasteiger partial charge in [-0.2, -0.15) is 10.1 Å². The Bertz CT molecular complexity index is 1730. The molecule has 4 aromatic heterocycles. The van der Waals surface area contributed by atoms with Crippen LogP contribution in [0.1, 0.15) is 49.0 Å². The Morgan fingerprint density at radius 1 is 1.15 bits per heavy atom. The maximum Gasteiger partial charge on any atom is 0.274 e. The summed E-state index contributed by atoms with van der Waals surface area (Å²) in [6.07, 6.45) is 5.84. The predicted molar refractivity (Wildman–Crippen MR) is 137 cm³/mol. The van der Waals surface area contributed by atoms with Crippen molar-refractivity contribution in [1.29, 1.82) is 0 Å². The molecule has 0 bridgehead atoms. The number of imidazole rings is 1. The van der Waals surface area contributed by atoms with Gasteiger partial charge in [0.25, 0.3) is 5.91 Å². The van der Waals surface area contributed by atoms with Crippen LogP contribution in [0.2, 0.25) is 0 Å². The molecule has 10 nitrogen and oxygen atoms in total. The lowest BCUT2D eigenvalue weighted by atomic mass is 9.81. The number of benzene rings is 1. The third kappa shape index (κ3) is 5.07. The Morgan fingerprint density at radius 2 is 1.93 bits per heavy atom. The third-order valence-corrected chi connectivity index (χ3v) is 6.61. The molecule has 6 rings (SSSR count). The Kier molecular flexibility index (Phi) is 5.98. The minimum Gasteiger partial charge on any atom is -0.389 e. The summed E-state index contributed by atoms with van der Waals surface area (Å²) in [6, 6.07) is 7.49. The van der Waals surface area contributed by atoms with Crippen LogP contribution >= 0.6 is 0 Å². The lowest BCUT2D eigenvalue weighted by Gasteiger charge is -2.31.